The number of nitrogens with one attached hydrogen (secondary N) is 3. The molecule has 0 fully saturated rings. The first-order valence-corrected chi connectivity index (χ1v) is 6.96. The van der Waals surface area contributed by atoms with Gasteiger partial charge in [0.2, 0.25) is 5.91 Å². The van der Waals surface area contributed by atoms with Crippen LogP contribution in [0.3, 0.4) is 0 Å². The fourth-order valence-corrected chi connectivity index (χ4v) is 2.10. The second-order valence-electron chi connectivity index (χ2n) is 5.29. The molecule has 0 atom stereocenters. The van der Waals surface area contributed by atoms with Gasteiger partial charge in [-0.05, 0) is 23.3 Å². The monoisotopic (exact) mass is 311 g/mol. The zero-order valence-corrected chi connectivity index (χ0v) is 13.2. The van der Waals surface area contributed by atoms with Crippen molar-refractivity contribution in [3.05, 3.63) is 34.9 Å². The van der Waals surface area contributed by atoms with E-state index in [0.717, 1.165) is 13.1 Å². The summed E-state index contributed by atoms with van der Waals surface area (Å²) in [4.78, 5) is 23.3. The third-order valence-electron chi connectivity index (χ3n) is 3.33. The van der Waals surface area contributed by atoms with Gasteiger partial charge in [-0.2, -0.15) is 0 Å². The van der Waals surface area contributed by atoms with Crippen LogP contribution in [-0.2, 0) is 17.9 Å². The van der Waals surface area contributed by atoms with Crippen molar-refractivity contribution in [1.29, 1.82) is 0 Å². The lowest BCUT2D eigenvalue weighted by atomic mass is 10.1. The largest absolute Gasteiger partial charge is 0.354 e. The number of carbonyl (C=O) groups excluding carboxylic acids is 2. The zero-order valence-electron chi connectivity index (χ0n) is 12.4. The van der Waals surface area contributed by atoms with Crippen molar-refractivity contribution in [2.45, 2.75) is 26.9 Å². The standard InChI is InChI=1S/C15H21N3O2.ClH/c1-10(2)14(19)17-5-6-18-15(20)11-3-4-12-8-16-9-13(12)7-11;/h3-4,7,10,16H,5-6,8-9H2,1-2H3,(H,17,19)(H,18,20);1H. The van der Waals surface area contributed by atoms with Crippen LogP contribution in [0, 0.1) is 5.92 Å². The summed E-state index contributed by atoms with van der Waals surface area (Å²) in [5, 5.41) is 8.83. The predicted octanol–water partition coefficient (Wildman–Crippen LogP) is 1.21. The molecule has 1 aliphatic heterocycles. The molecule has 0 spiro atoms. The Balaban J connectivity index is 0.00000220. The molecule has 0 bridgehead atoms. The van der Waals surface area contributed by atoms with Gasteiger partial charge in [0.05, 0.1) is 0 Å². The first-order chi connectivity index (χ1) is 9.58. The number of rotatable bonds is 5. The molecule has 0 saturated heterocycles. The maximum Gasteiger partial charge on any atom is 0.251 e. The van der Waals surface area contributed by atoms with Gasteiger partial charge in [0.25, 0.3) is 5.91 Å². The number of benzene rings is 1. The smallest absolute Gasteiger partial charge is 0.251 e. The van der Waals surface area contributed by atoms with Crippen molar-refractivity contribution in [3.8, 4) is 0 Å². The molecule has 2 amide bonds. The third kappa shape index (κ3) is 4.72. The van der Waals surface area contributed by atoms with Gasteiger partial charge in [-0.1, -0.05) is 19.9 Å². The van der Waals surface area contributed by atoms with E-state index in [9.17, 15) is 9.59 Å². The highest BCUT2D eigenvalue weighted by Crippen LogP contribution is 2.16. The second-order valence-corrected chi connectivity index (χ2v) is 5.29. The fraction of sp³-hybridized carbons (Fsp3) is 0.467. The number of hydrogen-bond donors (Lipinski definition) is 3. The van der Waals surface area contributed by atoms with Crippen LogP contribution in [0.5, 0.6) is 0 Å². The quantitative estimate of drug-likeness (QED) is 0.716. The first kappa shape index (κ1) is 17.5. The Bertz CT molecular complexity index is 518. The third-order valence-corrected chi connectivity index (χ3v) is 3.33. The predicted molar refractivity (Wildman–Crippen MR) is 84.4 cm³/mol. The van der Waals surface area contributed by atoms with Crippen molar-refractivity contribution in [2.24, 2.45) is 5.92 Å². The molecule has 0 aliphatic carbocycles. The Hall–Kier alpha value is -1.59. The Morgan fingerprint density at radius 2 is 1.81 bits per heavy atom. The van der Waals surface area contributed by atoms with Crippen molar-refractivity contribution in [3.63, 3.8) is 0 Å². The summed E-state index contributed by atoms with van der Waals surface area (Å²) >= 11 is 0. The van der Waals surface area contributed by atoms with Crippen LogP contribution in [-0.4, -0.2) is 24.9 Å². The highest BCUT2D eigenvalue weighted by Gasteiger charge is 2.13. The molecular formula is C15H22ClN3O2. The minimum absolute atomic E-state index is 0. The summed E-state index contributed by atoms with van der Waals surface area (Å²) in [7, 11) is 0. The van der Waals surface area contributed by atoms with E-state index in [-0.39, 0.29) is 30.1 Å². The van der Waals surface area contributed by atoms with Crippen LogP contribution >= 0.6 is 12.4 Å². The molecule has 116 valence electrons. The maximum absolute atomic E-state index is 12.0. The lowest BCUT2D eigenvalue weighted by molar-refractivity contribution is -0.123. The summed E-state index contributed by atoms with van der Waals surface area (Å²) in [6, 6.07) is 5.76. The van der Waals surface area contributed by atoms with E-state index in [1.165, 1.54) is 11.1 Å². The van der Waals surface area contributed by atoms with Crippen LogP contribution in [0.1, 0.15) is 35.3 Å². The van der Waals surface area contributed by atoms with Crippen LogP contribution in [0.4, 0.5) is 0 Å². The van der Waals surface area contributed by atoms with Crippen LogP contribution in [0.25, 0.3) is 0 Å². The highest BCUT2D eigenvalue weighted by molar-refractivity contribution is 5.94. The molecule has 0 saturated carbocycles. The number of hydrogen-bond acceptors (Lipinski definition) is 3. The Labute approximate surface area is 131 Å². The minimum atomic E-state index is -0.0986. The number of carbonyl (C=O) groups is 2. The van der Waals surface area contributed by atoms with Crippen LogP contribution in [0.15, 0.2) is 18.2 Å². The summed E-state index contributed by atoms with van der Waals surface area (Å²) in [5.41, 5.74) is 3.11. The van der Waals surface area contributed by atoms with Gasteiger partial charge >= 0.3 is 0 Å². The molecule has 2 rings (SSSR count). The molecule has 3 N–H and O–H groups in total. The van der Waals surface area contributed by atoms with Gasteiger partial charge in [0.15, 0.2) is 0 Å². The number of fused-ring (bicyclic) bond motifs is 1. The molecule has 6 heteroatoms. The molecule has 21 heavy (non-hydrogen) atoms. The van der Waals surface area contributed by atoms with E-state index in [2.05, 4.69) is 16.0 Å². The van der Waals surface area contributed by atoms with E-state index in [4.69, 9.17) is 0 Å². The minimum Gasteiger partial charge on any atom is -0.354 e. The molecule has 1 aromatic carbocycles. The molecule has 0 aromatic heterocycles. The summed E-state index contributed by atoms with van der Waals surface area (Å²) in [6.45, 7) is 6.26. The number of halogens is 1. The van der Waals surface area contributed by atoms with Crippen molar-refractivity contribution in [1.82, 2.24) is 16.0 Å². The molecule has 1 aliphatic rings. The van der Waals surface area contributed by atoms with Gasteiger partial charge in [-0.15, -0.1) is 12.4 Å². The molecular weight excluding hydrogens is 290 g/mol. The van der Waals surface area contributed by atoms with E-state index < -0.39 is 0 Å². The summed E-state index contributed by atoms with van der Waals surface area (Å²) in [6.07, 6.45) is 0. The normalized spacial score (nSPS) is 12.5. The van der Waals surface area contributed by atoms with E-state index in [0.29, 0.717) is 18.7 Å². The second kappa shape index (κ2) is 8.00. The van der Waals surface area contributed by atoms with Gasteiger partial charge in [0.1, 0.15) is 0 Å². The molecule has 1 aromatic rings. The van der Waals surface area contributed by atoms with E-state index in [1.54, 1.807) is 0 Å². The summed E-state index contributed by atoms with van der Waals surface area (Å²) in [5.74, 6) is -0.128. The van der Waals surface area contributed by atoms with Gasteiger partial charge < -0.3 is 16.0 Å². The Morgan fingerprint density at radius 1 is 1.14 bits per heavy atom. The SMILES string of the molecule is CC(C)C(=O)NCCNC(=O)c1ccc2c(c1)CNC2.Cl. The molecule has 0 radical (unpaired) electrons. The first-order valence-electron chi connectivity index (χ1n) is 6.96. The Morgan fingerprint density at radius 3 is 2.52 bits per heavy atom. The van der Waals surface area contributed by atoms with E-state index in [1.807, 2.05) is 32.0 Å². The maximum atomic E-state index is 12.0. The van der Waals surface area contributed by atoms with Crippen LogP contribution in [0.2, 0.25) is 0 Å². The van der Waals surface area contributed by atoms with Gasteiger partial charge in [-0.3, -0.25) is 9.59 Å². The zero-order chi connectivity index (χ0) is 14.5. The highest BCUT2D eigenvalue weighted by atomic mass is 35.5. The number of amides is 2. The molecule has 0 unspecified atom stereocenters. The van der Waals surface area contributed by atoms with Crippen molar-refractivity contribution < 1.29 is 9.59 Å². The molecule has 1 heterocycles. The van der Waals surface area contributed by atoms with E-state index >= 15 is 0 Å². The van der Waals surface area contributed by atoms with Crippen molar-refractivity contribution in [2.75, 3.05) is 13.1 Å². The lowest BCUT2D eigenvalue weighted by Gasteiger charge is -2.09. The topological polar surface area (TPSA) is 70.2 Å². The average molecular weight is 312 g/mol. The Kier molecular flexibility index (Phi) is 6.65. The summed E-state index contributed by atoms with van der Waals surface area (Å²) < 4.78 is 0. The van der Waals surface area contributed by atoms with Gasteiger partial charge in [-0.25, -0.2) is 0 Å². The van der Waals surface area contributed by atoms with Crippen LogP contribution < -0.4 is 16.0 Å². The molecule has 5 nitrogen and oxygen atoms in total. The average Bonchev–Trinajstić information content (AvgIpc) is 2.90. The fourth-order valence-electron chi connectivity index (χ4n) is 2.10. The van der Waals surface area contributed by atoms with Crippen molar-refractivity contribution >= 4 is 24.2 Å². The van der Waals surface area contributed by atoms with Gasteiger partial charge in [0, 0.05) is 37.7 Å². The lowest BCUT2D eigenvalue weighted by Crippen LogP contribution is -2.36.